The molecular weight excluding hydrogens is 428 g/mol. The lowest BCUT2D eigenvalue weighted by atomic mass is 9.98. The van der Waals surface area contributed by atoms with Crippen LogP contribution in [0, 0.1) is 11.8 Å². The number of nitrogens with zero attached hydrogens (tertiary/aromatic N) is 2. The number of ether oxygens (including phenoxy) is 1. The molecule has 0 radical (unpaired) electrons. The number of amides is 1. The molecule has 1 amide bonds. The number of aromatic nitrogens is 2. The maximum atomic E-state index is 12.0. The van der Waals surface area contributed by atoms with E-state index in [1.165, 1.54) is 38.4 Å². The quantitative estimate of drug-likeness (QED) is 0.440. The predicted octanol–water partition coefficient (Wildman–Crippen LogP) is 5.19. The summed E-state index contributed by atoms with van der Waals surface area (Å²) in [6.45, 7) is -0.0731. The summed E-state index contributed by atoms with van der Waals surface area (Å²) >= 11 is 0. The minimum Gasteiger partial charge on any atom is -0.490 e. The minimum atomic E-state index is -0.431. The van der Waals surface area contributed by atoms with E-state index in [4.69, 9.17) is 9.84 Å². The minimum absolute atomic E-state index is 0.0731. The van der Waals surface area contributed by atoms with Crippen molar-refractivity contribution >= 4 is 34.0 Å². The van der Waals surface area contributed by atoms with Crippen LogP contribution in [-0.4, -0.2) is 33.7 Å². The zero-order valence-corrected chi connectivity index (χ0v) is 19.2. The van der Waals surface area contributed by atoms with Crippen molar-refractivity contribution in [2.45, 2.75) is 57.5 Å². The molecule has 0 unspecified atom stereocenters. The van der Waals surface area contributed by atoms with Gasteiger partial charge in [-0.15, -0.1) is 0 Å². The van der Waals surface area contributed by atoms with Crippen LogP contribution in [0.25, 0.3) is 10.9 Å². The molecule has 1 aromatic heterocycles. The third-order valence-electron chi connectivity index (χ3n) is 5.80. The first-order valence-corrected chi connectivity index (χ1v) is 11.9. The largest absolute Gasteiger partial charge is 0.490 e. The van der Waals surface area contributed by atoms with Crippen molar-refractivity contribution in [2.24, 2.45) is 0 Å². The fourth-order valence-electron chi connectivity index (χ4n) is 4.08. The second-order valence-electron chi connectivity index (χ2n) is 8.42. The van der Waals surface area contributed by atoms with E-state index in [1.807, 2.05) is 36.4 Å². The first-order chi connectivity index (χ1) is 16.7. The van der Waals surface area contributed by atoms with Crippen LogP contribution in [0.3, 0.4) is 0 Å². The van der Waals surface area contributed by atoms with Crippen molar-refractivity contribution in [3.8, 4) is 17.6 Å². The molecule has 1 heterocycles. The summed E-state index contributed by atoms with van der Waals surface area (Å²) in [4.78, 5) is 20.7. The molecule has 0 aliphatic heterocycles. The van der Waals surface area contributed by atoms with E-state index in [-0.39, 0.29) is 13.0 Å². The Labute approximate surface area is 200 Å². The SMILES string of the molecule is O=C(C#CCCO)Nc1ccc2ncnc(Nc3ccc(OC4CCCCCCC4)cc3)c2c1. The van der Waals surface area contributed by atoms with Gasteiger partial charge in [-0.2, -0.15) is 0 Å². The summed E-state index contributed by atoms with van der Waals surface area (Å²) in [5.41, 5.74) is 2.23. The van der Waals surface area contributed by atoms with Crippen molar-refractivity contribution in [3.63, 3.8) is 0 Å². The number of fused-ring (bicyclic) bond motifs is 1. The van der Waals surface area contributed by atoms with Crippen LogP contribution >= 0.6 is 0 Å². The Bertz CT molecular complexity index is 1160. The molecule has 0 spiro atoms. The molecule has 1 fully saturated rings. The van der Waals surface area contributed by atoms with E-state index in [0.29, 0.717) is 17.6 Å². The molecule has 0 bridgehead atoms. The molecule has 7 nitrogen and oxygen atoms in total. The lowest BCUT2D eigenvalue weighted by Gasteiger charge is -2.21. The van der Waals surface area contributed by atoms with Crippen molar-refractivity contribution < 1.29 is 14.6 Å². The van der Waals surface area contributed by atoms with Gasteiger partial charge in [-0.1, -0.05) is 25.2 Å². The van der Waals surface area contributed by atoms with Crippen LogP contribution < -0.4 is 15.4 Å². The smallest absolute Gasteiger partial charge is 0.300 e. The van der Waals surface area contributed by atoms with Crippen molar-refractivity contribution in [3.05, 3.63) is 48.8 Å². The highest BCUT2D eigenvalue weighted by molar-refractivity contribution is 6.05. The summed E-state index contributed by atoms with van der Waals surface area (Å²) in [5, 5.41) is 15.6. The molecule has 7 heteroatoms. The number of rotatable bonds is 6. The summed E-state index contributed by atoms with van der Waals surface area (Å²) < 4.78 is 6.24. The number of hydrogen-bond donors (Lipinski definition) is 3. The molecule has 1 aliphatic rings. The normalized spacial score (nSPS) is 14.4. The Morgan fingerprint density at radius 1 is 1.00 bits per heavy atom. The number of aliphatic hydroxyl groups excluding tert-OH is 1. The van der Waals surface area contributed by atoms with Gasteiger partial charge in [0.2, 0.25) is 0 Å². The second kappa shape index (κ2) is 12.0. The second-order valence-corrected chi connectivity index (χ2v) is 8.42. The number of benzene rings is 2. The maximum Gasteiger partial charge on any atom is 0.300 e. The van der Waals surface area contributed by atoms with Crippen LogP contribution in [0.15, 0.2) is 48.8 Å². The molecule has 3 aromatic rings. The van der Waals surface area contributed by atoms with Crippen molar-refractivity contribution in [1.29, 1.82) is 0 Å². The third kappa shape index (κ3) is 6.69. The third-order valence-corrected chi connectivity index (χ3v) is 5.80. The number of carbonyl (C=O) groups excluding carboxylic acids is 1. The Hall–Kier alpha value is -3.63. The van der Waals surface area contributed by atoms with Gasteiger partial charge >= 0.3 is 0 Å². The van der Waals surface area contributed by atoms with Gasteiger partial charge in [0.1, 0.15) is 17.9 Å². The lowest BCUT2D eigenvalue weighted by Crippen LogP contribution is -2.17. The molecule has 2 aromatic carbocycles. The maximum absolute atomic E-state index is 12.0. The van der Waals surface area contributed by atoms with Crippen molar-refractivity contribution in [2.75, 3.05) is 17.2 Å². The Morgan fingerprint density at radius 2 is 1.74 bits per heavy atom. The van der Waals surface area contributed by atoms with Crippen LogP contribution in [0.4, 0.5) is 17.2 Å². The number of nitrogens with one attached hydrogen (secondary N) is 2. The van der Waals surface area contributed by atoms with Gasteiger partial charge in [-0.05, 0) is 74.1 Å². The fraction of sp³-hybridized carbons (Fsp3) is 0.370. The summed E-state index contributed by atoms with van der Waals surface area (Å²) in [5.74, 6) is 6.16. The van der Waals surface area contributed by atoms with Gasteiger partial charge in [-0.25, -0.2) is 9.97 Å². The van der Waals surface area contributed by atoms with E-state index in [9.17, 15) is 4.79 Å². The molecule has 0 saturated heterocycles. The zero-order valence-electron chi connectivity index (χ0n) is 19.2. The number of aliphatic hydroxyl groups is 1. The molecule has 4 rings (SSSR count). The van der Waals surface area contributed by atoms with Gasteiger partial charge in [0.25, 0.3) is 5.91 Å². The van der Waals surface area contributed by atoms with Gasteiger partial charge in [0, 0.05) is 23.2 Å². The van der Waals surface area contributed by atoms with E-state index in [0.717, 1.165) is 35.2 Å². The van der Waals surface area contributed by atoms with Crippen LogP contribution in [0.2, 0.25) is 0 Å². The van der Waals surface area contributed by atoms with Crippen molar-refractivity contribution in [1.82, 2.24) is 9.97 Å². The average Bonchev–Trinajstić information content (AvgIpc) is 2.82. The molecular formula is C27H30N4O3. The van der Waals surface area contributed by atoms with E-state index in [2.05, 4.69) is 32.4 Å². The molecule has 176 valence electrons. The number of anilines is 3. The predicted molar refractivity (Wildman–Crippen MR) is 134 cm³/mol. The Morgan fingerprint density at radius 3 is 2.50 bits per heavy atom. The Balaban J connectivity index is 1.44. The average molecular weight is 459 g/mol. The highest BCUT2D eigenvalue weighted by atomic mass is 16.5. The van der Waals surface area contributed by atoms with E-state index >= 15 is 0 Å². The first kappa shape index (κ1) is 23.5. The summed E-state index contributed by atoms with van der Waals surface area (Å²) in [6.07, 6.45) is 10.7. The monoisotopic (exact) mass is 458 g/mol. The van der Waals surface area contributed by atoms with Gasteiger partial charge in [0.15, 0.2) is 0 Å². The number of carbonyl (C=O) groups is 1. The van der Waals surface area contributed by atoms with E-state index < -0.39 is 5.91 Å². The molecule has 3 N–H and O–H groups in total. The summed E-state index contributed by atoms with van der Waals surface area (Å²) in [6, 6.07) is 13.3. The topological polar surface area (TPSA) is 96.4 Å². The van der Waals surface area contributed by atoms with Crippen LogP contribution in [0.1, 0.15) is 51.4 Å². The number of hydrogen-bond acceptors (Lipinski definition) is 6. The zero-order chi connectivity index (χ0) is 23.6. The molecule has 1 aliphatic carbocycles. The Kier molecular flexibility index (Phi) is 8.31. The summed E-state index contributed by atoms with van der Waals surface area (Å²) in [7, 11) is 0. The fourth-order valence-corrected chi connectivity index (χ4v) is 4.08. The lowest BCUT2D eigenvalue weighted by molar-refractivity contribution is -0.111. The molecule has 0 atom stereocenters. The molecule has 34 heavy (non-hydrogen) atoms. The molecule has 1 saturated carbocycles. The highest BCUT2D eigenvalue weighted by Crippen LogP contribution is 2.28. The van der Waals surface area contributed by atoms with Gasteiger partial charge in [0.05, 0.1) is 18.2 Å². The van der Waals surface area contributed by atoms with Crippen LogP contribution in [0.5, 0.6) is 5.75 Å². The van der Waals surface area contributed by atoms with E-state index in [1.54, 1.807) is 6.07 Å². The van der Waals surface area contributed by atoms with Gasteiger partial charge in [-0.3, -0.25) is 4.79 Å². The first-order valence-electron chi connectivity index (χ1n) is 11.9. The highest BCUT2D eigenvalue weighted by Gasteiger charge is 2.13. The van der Waals surface area contributed by atoms with Crippen LogP contribution in [-0.2, 0) is 4.79 Å². The standard InChI is InChI=1S/C27H30N4O3/c32-17-7-6-10-26(33)30-21-13-16-25-24(18-21)27(29-19-28-25)31-20-11-14-23(15-12-20)34-22-8-4-2-1-3-5-9-22/h11-16,18-19,22,32H,1-5,7-9,17H2,(H,30,33)(H,28,29,31). The van der Waals surface area contributed by atoms with Gasteiger partial charge < -0.3 is 20.5 Å².